The quantitative estimate of drug-likeness (QED) is 0.510. The van der Waals surface area contributed by atoms with E-state index in [0.717, 1.165) is 23.1 Å². The van der Waals surface area contributed by atoms with Crippen molar-refractivity contribution in [1.82, 2.24) is 9.13 Å². The summed E-state index contributed by atoms with van der Waals surface area (Å²) in [6.07, 6.45) is -3.99. The summed E-state index contributed by atoms with van der Waals surface area (Å²) in [6.45, 7) is 7.47. The van der Waals surface area contributed by atoms with Crippen LogP contribution in [0.25, 0.3) is 11.0 Å². The van der Waals surface area contributed by atoms with E-state index < -0.39 is 36.0 Å². The summed E-state index contributed by atoms with van der Waals surface area (Å²) >= 11 is 0. The normalized spacial score (nSPS) is 18.9. The van der Waals surface area contributed by atoms with Crippen LogP contribution < -0.4 is 11.1 Å². The lowest BCUT2D eigenvalue weighted by Gasteiger charge is -2.36. The van der Waals surface area contributed by atoms with Crippen LogP contribution in [0.2, 0.25) is 0 Å². The van der Waals surface area contributed by atoms with Crippen LogP contribution in [0.3, 0.4) is 0 Å². The van der Waals surface area contributed by atoms with Crippen LogP contribution in [0, 0.1) is 13.8 Å². The lowest BCUT2D eigenvalue weighted by atomic mass is 9.75. The Kier molecular flexibility index (Phi) is 5.26. The minimum absolute atomic E-state index is 0.186. The standard InChI is InChI=1S/C20H28N2O6/c1-10-7-12-16-15(11(10)2)20(3,4)5-6-21(16)18(27)19(28)22(12)8-13(24)17(26)14(25)9-23/h7,13-14,17,23-26H,5-6,8-9H2,1-4H3/t13-,14+,17-/m1/s1. The number of aliphatic hydroxyl groups is 4. The second-order valence-corrected chi connectivity index (χ2v) is 8.38. The minimum atomic E-state index is -1.65. The highest BCUT2D eigenvalue weighted by molar-refractivity contribution is 5.83. The largest absolute Gasteiger partial charge is 0.394 e. The van der Waals surface area contributed by atoms with Gasteiger partial charge in [-0.1, -0.05) is 13.8 Å². The molecule has 1 aromatic heterocycles. The molecule has 28 heavy (non-hydrogen) atoms. The third-order valence-electron chi connectivity index (χ3n) is 6.02. The third kappa shape index (κ3) is 3.10. The van der Waals surface area contributed by atoms with E-state index in [1.165, 1.54) is 9.13 Å². The van der Waals surface area contributed by atoms with Gasteiger partial charge in [0.15, 0.2) is 0 Å². The van der Waals surface area contributed by atoms with Crippen LogP contribution in [0.4, 0.5) is 0 Å². The summed E-state index contributed by atoms with van der Waals surface area (Å²) < 4.78 is 2.68. The number of nitrogens with zero attached hydrogens (tertiary/aromatic N) is 2. The molecule has 1 aliphatic heterocycles. The molecule has 2 aromatic rings. The van der Waals surface area contributed by atoms with Crippen molar-refractivity contribution < 1.29 is 20.4 Å². The van der Waals surface area contributed by atoms with E-state index in [4.69, 9.17) is 5.11 Å². The highest BCUT2D eigenvalue weighted by Crippen LogP contribution is 2.39. The number of aliphatic hydroxyl groups excluding tert-OH is 4. The molecule has 8 nitrogen and oxygen atoms in total. The van der Waals surface area contributed by atoms with Crippen molar-refractivity contribution in [3.05, 3.63) is 43.5 Å². The molecule has 8 heteroatoms. The summed E-state index contributed by atoms with van der Waals surface area (Å²) in [7, 11) is 0. The molecule has 0 fully saturated rings. The van der Waals surface area contributed by atoms with E-state index >= 15 is 0 Å². The molecule has 0 saturated heterocycles. The van der Waals surface area contributed by atoms with E-state index in [2.05, 4.69) is 13.8 Å². The van der Waals surface area contributed by atoms with Crippen LogP contribution in [0.5, 0.6) is 0 Å². The molecule has 0 amide bonds. The number of hydrogen-bond donors (Lipinski definition) is 4. The van der Waals surface area contributed by atoms with Crippen molar-refractivity contribution in [2.45, 2.75) is 70.9 Å². The Bertz CT molecular complexity index is 1040. The Morgan fingerprint density at radius 3 is 2.36 bits per heavy atom. The molecule has 0 radical (unpaired) electrons. The van der Waals surface area contributed by atoms with E-state index in [1.54, 1.807) is 0 Å². The Morgan fingerprint density at radius 2 is 1.75 bits per heavy atom. The fraction of sp³-hybridized carbons (Fsp3) is 0.600. The average Bonchev–Trinajstić information content (AvgIpc) is 2.65. The van der Waals surface area contributed by atoms with Gasteiger partial charge in [-0.05, 0) is 48.4 Å². The molecule has 0 bridgehead atoms. The van der Waals surface area contributed by atoms with E-state index in [0.29, 0.717) is 17.6 Å². The highest BCUT2D eigenvalue weighted by atomic mass is 16.4. The molecule has 3 rings (SSSR count). The smallest absolute Gasteiger partial charge is 0.317 e. The number of aromatic nitrogens is 2. The van der Waals surface area contributed by atoms with Crippen molar-refractivity contribution in [2.24, 2.45) is 0 Å². The monoisotopic (exact) mass is 392 g/mol. The molecule has 154 valence electrons. The number of benzene rings is 1. The first-order valence-electron chi connectivity index (χ1n) is 9.44. The van der Waals surface area contributed by atoms with Gasteiger partial charge in [-0.15, -0.1) is 0 Å². The first-order valence-corrected chi connectivity index (χ1v) is 9.44. The van der Waals surface area contributed by atoms with Crippen LogP contribution in [0.1, 0.15) is 37.0 Å². The zero-order valence-corrected chi connectivity index (χ0v) is 16.6. The van der Waals surface area contributed by atoms with Gasteiger partial charge in [0.2, 0.25) is 0 Å². The van der Waals surface area contributed by atoms with Gasteiger partial charge in [0, 0.05) is 6.54 Å². The molecule has 1 aliphatic rings. The molecule has 0 aliphatic carbocycles. The van der Waals surface area contributed by atoms with Crippen LogP contribution in [-0.2, 0) is 18.5 Å². The van der Waals surface area contributed by atoms with Gasteiger partial charge < -0.3 is 25.0 Å². The molecule has 3 atom stereocenters. The van der Waals surface area contributed by atoms with E-state index in [-0.39, 0.29) is 12.0 Å². The summed E-state index contributed by atoms with van der Waals surface area (Å²) in [5.41, 5.74) is 2.57. The predicted molar refractivity (Wildman–Crippen MR) is 105 cm³/mol. The molecule has 2 heterocycles. The van der Waals surface area contributed by atoms with Gasteiger partial charge in [-0.3, -0.25) is 14.2 Å². The fourth-order valence-corrected chi connectivity index (χ4v) is 4.20. The molecule has 0 unspecified atom stereocenters. The lowest BCUT2D eigenvalue weighted by Crippen LogP contribution is -2.48. The molecular weight excluding hydrogens is 364 g/mol. The third-order valence-corrected chi connectivity index (χ3v) is 6.02. The Morgan fingerprint density at radius 1 is 1.11 bits per heavy atom. The summed E-state index contributed by atoms with van der Waals surface area (Å²) in [4.78, 5) is 25.5. The first-order chi connectivity index (χ1) is 13.0. The van der Waals surface area contributed by atoms with Crippen LogP contribution >= 0.6 is 0 Å². The summed E-state index contributed by atoms with van der Waals surface area (Å²) in [6, 6.07) is 1.81. The van der Waals surface area contributed by atoms with Gasteiger partial charge in [-0.2, -0.15) is 0 Å². The topological polar surface area (TPSA) is 125 Å². The zero-order valence-electron chi connectivity index (χ0n) is 16.6. The zero-order chi connectivity index (χ0) is 21.0. The number of rotatable bonds is 5. The molecule has 1 aromatic carbocycles. The molecular formula is C20H28N2O6. The lowest BCUT2D eigenvalue weighted by molar-refractivity contribution is -0.0805. The van der Waals surface area contributed by atoms with Crippen molar-refractivity contribution in [3.8, 4) is 0 Å². The minimum Gasteiger partial charge on any atom is -0.394 e. The van der Waals surface area contributed by atoms with Crippen LogP contribution in [-0.4, -0.2) is 54.5 Å². The summed E-state index contributed by atoms with van der Waals surface area (Å²) in [5.74, 6) is 0. The number of hydrogen-bond acceptors (Lipinski definition) is 6. The second-order valence-electron chi connectivity index (χ2n) is 8.38. The molecule has 0 saturated carbocycles. The van der Waals surface area contributed by atoms with Gasteiger partial charge in [0.05, 0.1) is 24.2 Å². The molecule has 4 N–H and O–H groups in total. The summed E-state index contributed by atoms with van der Waals surface area (Å²) in [5, 5.41) is 38.8. The average molecular weight is 392 g/mol. The van der Waals surface area contributed by atoms with Gasteiger partial charge in [0.25, 0.3) is 0 Å². The van der Waals surface area contributed by atoms with E-state index in [9.17, 15) is 24.9 Å². The maximum absolute atomic E-state index is 12.8. The van der Waals surface area contributed by atoms with E-state index in [1.807, 2.05) is 19.9 Å². The highest BCUT2D eigenvalue weighted by Gasteiger charge is 2.34. The van der Waals surface area contributed by atoms with Gasteiger partial charge in [0.1, 0.15) is 18.3 Å². The molecule has 0 spiro atoms. The first kappa shape index (κ1) is 20.7. The van der Waals surface area contributed by atoms with Gasteiger partial charge >= 0.3 is 11.1 Å². The fourth-order valence-electron chi connectivity index (χ4n) is 4.20. The maximum atomic E-state index is 12.8. The SMILES string of the molecule is Cc1cc2c3c(c1C)C(C)(C)CCn3c(=O)c(=O)n2C[C@@H](O)[C@@H](O)[C@@H](O)CO. The predicted octanol–water partition coefficient (Wildman–Crippen LogP) is -0.464. The van der Waals surface area contributed by atoms with Crippen molar-refractivity contribution in [1.29, 1.82) is 0 Å². The maximum Gasteiger partial charge on any atom is 0.317 e. The second kappa shape index (κ2) is 7.11. The van der Waals surface area contributed by atoms with Crippen LogP contribution in [0.15, 0.2) is 15.7 Å². The Hall–Kier alpha value is -2.00. The van der Waals surface area contributed by atoms with Crippen molar-refractivity contribution in [3.63, 3.8) is 0 Å². The Balaban J connectivity index is 2.31. The van der Waals surface area contributed by atoms with Crippen molar-refractivity contribution >= 4 is 11.0 Å². The number of aryl methyl sites for hydroxylation is 2. The van der Waals surface area contributed by atoms with Crippen molar-refractivity contribution in [2.75, 3.05) is 6.61 Å². The van der Waals surface area contributed by atoms with Gasteiger partial charge in [-0.25, -0.2) is 0 Å². The Labute approximate surface area is 162 Å².